The molecule has 0 unspecified atom stereocenters. The van der Waals surface area contributed by atoms with Crippen molar-refractivity contribution in [2.45, 2.75) is 13.3 Å². The molecule has 0 atom stereocenters. The van der Waals surface area contributed by atoms with Gasteiger partial charge in [0.25, 0.3) is 0 Å². The number of rotatable bonds is 8. The van der Waals surface area contributed by atoms with Crippen LogP contribution in [0.15, 0.2) is 85.0 Å². The van der Waals surface area contributed by atoms with Gasteiger partial charge in [0, 0.05) is 48.5 Å². The Bertz CT molecular complexity index is 1340. The van der Waals surface area contributed by atoms with E-state index in [1.165, 1.54) is 6.92 Å². The third-order valence-electron chi connectivity index (χ3n) is 6.57. The molecular formula is C29H32N6O3. The normalized spacial score (nSPS) is 16.9. The van der Waals surface area contributed by atoms with Gasteiger partial charge in [-0.1, -0.05) is 19.2 Å². The van der Waals surface area contributed by atoms with Crippen molar-refractivity contribution < 1.29 is 14.3 Å². The minimum Gasteiger partial charge on any atom is -0.490 e. The zero-order valence-electron chi connectivity index (χ0n) is 21.6. The number of ether oxygens (including phenoxy) is 2. The number of carbonyl (C=O) groups excluding carboxylic acids is 1. The summed E-state index contributed by atoms with van der Waals surface area (Å²) in [6, 6.07) is 5.75. The van der Waals surface area contributed by atoms with Gasteiger partial charge in [0.05, 0.1) is 31.0 Å². The molecule has 2 N–H and O–H groups in total. The average molecular weight is 513 g/mol. The predicted octanol–water partition coefficient (Wildman–Crippen LogP) is 4.79. The second-order valence-corrected chi connectivity index (χ2v) is 9.13. The van der Waals surface area contributed by atoms with Crippen LogP contribution < -0.4 is 20.3 Å². The maximum Gasteiger partial charge on any atom is 0.228 e. The Kier molecular flexibility index (Phi) is 7.55. The van der Waals surface area contributed by atoms with Crippen LogP contribution in [-0.4, -0.2) is 60.1 Å². The molecule has 5 rings (SSSR count). The number of nitrogens with zero attached hydrogens (tertiary/aromatic N) is 4. The first kappa shape index (κ1) is 25.3. The first-order valence-corrected chi connectivity index (χ1v) is 12.7. The molecule has 0 radical (unpaired) electrons. The second-order valence-electron chi connectivity index (χ2n) is 9.13. The Labute approximate surface area is 222 Å². The van der Waals surface area contributed by atoms with Gasteiger partial charge in [-0.2, -0.15) is 4.98 Å². The molecule has 9 heteroatoms. The number of morpholine rings is 1. The minimum atomic E-state index is -0.128. The van der Waals surface area contributed by atoms with E-state index in [0.29, 0.717) is 36.9 Å². The molecule has 9 nitrogen and oxygen atoms in total. The van der Waals surface area contributed by atoms with Crippen molar-refractivity contribution in [3.8, 4) is 5.75 Å². The molecule has 3 aliphatic rings. The average Bonchev–Trinajstić information content (AvgIpc) is 3.18. The standard InChI is InChI=1S/C29H32N6O3/c1-4-20(2)35-14-17-38-27-11-9-23(18-26(27)35)31-28-25(21(3)36)19-30-29(33-28)32-22-6-5-7-24(10-8-22)34-12-15-37-16-13-34/h4-5,7-11,18-19H,1-2,6,12-17H2,3H3,(H2,30,31,32,33). The molecule has 1 aromatic heterocycles. The summed E-state index contributed by atoms with van der Waals surface area (Å²) in [6.45, 7) is 13.9. The number of benzene rings is 1. The van der Waals surface area contributed by atoms with Crippen molar-refractivity contribution in [2.75, 3.05) is 55.0 Å². The van der Waals surface area contributed by atoms with Crippen LogP contribution >= 0.6 is 0 Å². The maximum atomic E-state index is 12.4. The number of nitrogens with one attached hydrogen (secondary N) is 2. The van der Waals surface area contributed by atoms with Crippen molar-refractivity contribution in [1.29, 1.82) is 0 Å². The van der Waals surface area contributed by atoms with Crippen LogP contribution in [0.25, 0.3) is 0 Å². The van der Waals surface area contributed by atoms with Gasteiger partial charge in [-0.15, -0.1) is 0 Å². The van der Waals surface area contributed by atoms with Crippen LogP contribution in [0.4, 0.5) is 23.1 Å². The predicted molar refractivity (Wildman–Crippen MR) is 150 cm³/mol. The second kappa shape index (κ2) is 11.4. The lowest BCUT2D eigenvalue weighted by atomic mass is 10.1. The number of anilines is 4. The highest BCUT2D eigenvalue weighted by Gasteiger charge is 2.21. The Hall–Kier alpha value is -4.37. The fourth-order valence-electron chi connectivity index (χ4n) is 4.52. The summed E-state index contributed by atoms with van der Waals surface area (Å²) in [5, 5.41) is 6.62. The number of carbonyl (C=O) groups is 1. The van der Waals surface area contributed by atoms with Gasteiger partial charge in [0.2, 0.25) is 5.95 Å². The van der Waals surface area contributed by atoms with Crippen molar-refractivity contribution in [1.82, 2.24) is 14.9 Å². The Balaban J connectivity index is 1.38. The van der Waals surface area contributed by atoms with Gasteiger partial charge in [-0.3, -0.25) is 4.79 Å². The molecule has 196 valence electrons. The van der Waals surface area contributed by atoms with Crippen LogP contribution in [-0.2, 0) is 4.74 Å². The summed E-state index contributed by atoms with van der Waals surface area (Å²) < 4.78 is 11.3. The van der Waals surface area contributed by atoms with Crippen LogP contribution in [0.3, 0.4) is 0 Å². The minimum absolute atomic E-state index is 0.128. The molecule has 1 saturated heterocycles. The number of fused-ring (bicyclic) bond motifs is 1. The summed E-state index contributed by atoms with van der Waals surface area (Å²) in [7, 11) is 0. The Morgan fingerprint density at radius 3 is 2.76 bits per heavy atom. The molecule has 1 fully saturated rings. The lowest BCUT2D eigenvalue weighted by Crippen LogP contribution is -2.35. The lowest BCUT2D eigenvalue weighted by Gasteiger charge is -2.31. The van der Waals surface area contributed by atoms with E-state index < -0.39 is 0 Å². The molecular weight excluding hydrogens is 480 g/mol. The summed E-state index contributed by atoms with van der Waals surface area (Å²) in [5.74, 6) is 1.47. The van der Waals surface area contributed by atoms with E-state index in [-0.39, 0.29) is 5.78 Å². The van der Waals surface area contributed by atoms with E-state index in [2.05, 4.69) is 61.8 Å². The maximum absolute atomic E-state index is 12.4. The molecule has 3 heterocycles. The SMILES string of the molecule is C=CC(=C)N1CCOc2ccc(Nc3nc(NC4=CC=C(N5CCOCC5)C=CC4)ncc3C(C)=O)cc21. The number of aromatic nitrogens is 2. The molecule has 1 aliphatic carbocycles. The van der Waals surface area contributed by atoms with Gasteiger partial charge in [-0.25, -0.2) is 4.98 Å². The summed E-state index contributed by atoms with van der Waals surface area (Å²) in [4.78, 5) is 25.8. The first-order chi connectivity index (χ1) is 18.5. The fourth-order valence-corrected chi connectivity index (χ4v) is 4.52. The zero-order valence-corrected chi connectivity index (χ0v) is 21.6. The van der Waals surface area contributed by atoms with Crippen molar-refractivity contribution in [3.63, 3.8) is 0 Å². The Morgan fingerprint density at radius 2 is 1.97 bits per heavy atom. The van der Waals surface area contributed by atoms with Crippen molar-refractivity contribution >= 4 is 28.9 Å². The number of ketones is 1. The first-order valence-electron chi connectivity index (χ1n) is 12.7. The lowest BCUT2D eigenvalue weighted by molar-refractivity contribution is 0.0554. The van der Waals surface area contributed by atoms with E-state index >= 15 is 0 Å². The van der Waals surface area contributed by atoms with Crippen molar-refractivity contribution in [3.05, 3.63) is 90.6 Å². The van der Waals surface area contributed by atoms with Crippen LogP contribution in [0.1, 0.15) is 23.7 Å². The largest absolute Gasteiger partial charge is 0.490 e. The van der Waals surface area contributed by atoms with Crippen LogP contribution in [0, 0.1) is 0 Å². The summed E-state index contributed by atoms with van der Waals surface area (Å²) in [5.41, 5.74) is 4.95. The smallest absolute Gasteiger partial charge is 0.228 e. The Morgan fingerprint density at radius 1 is 1.13 bits per heavy atom. The fraction of sp³-hybridized carbons (Fsp3) is 0.276. The van der Waals surface area contributed by atoms with Gasteiger partial charge in [-0.05, 0) is 49.4 Å². The van der Waals surface area contributed by atoms with Gasteiger partial charge in [0.1, 0.15) is 18.2 Å². The van der Waals surface area contributed by atoms with E-state index in [4.69, 9.17) is 9.47 Å². The van der Waals surface area contributed by atoms with Gasteiger partial charge < -0.3 is 29.9 Å². The molecule has 1 aromatic carbocycles. The van der Waals surface area contributed by atoms with E-state index in [1.807, 2.05) is 24.3 Å². The molecule has 38 heavy (non-hydrogen) atoms. The van der Waals surface area contributed by atoms with Crippen LogP contribution in [0.5, 0.6) is 5.75 Å². The number of allylic oxidation sites excluding steroid dienone is 5. The van der Waals surface area contributed by atoms with Gasteiger partial charge >= 0.3 is 0 Å². The topological polar surface area (TPSA) is 91.8 Å². The van der Waals surface area contributed by atoms with Crippen molar-refractivity contribution in [2.24, 2.45) is 0 Å². The molecule has 0 bridgehead atoms. The molecule has 0 spiro atoms. The third kappa shape index (κ3) is 5.63. The monoisotopic (exact) mass is 512 g/mol. The van der Waals surface area contributed by atoms with E-state index in [9.17, 15) is 4.79 Å². The van der Waals surface area contributed by atoms with E-state index in [0.717, 1.165) is 60.5 Å². The highest BCUT2D eigenvalue weighted by Crippen LogP contribution is 2.37. The highest BCUT2D eigenvalue weighted by molar-refractivity contribution is 5.99. The van der Waals surface area contributed by atoms with Crippen LogP contribution in [0.2, 0.25) is 0 Å². The summed E-state index contributed by atoms with van der Waals surface area (Å²) >= 11 is 0. The molecule has 2 aliphatic heterocycles. The number of hydrogen-bond donors (Lipinski definition) is 2. The molecule has 0 amide bonds. The highest BCUT2D eigenvalue weighted by atomic mass is 16.5. The number of hydrogen-bond acceptors (Lipinski definition) is 9. The van der Waals surface area contributed by atoms with Gasteiger partial charge in [0.15, 0.2) is 5.78 Å². The molecule has 2 aromatic rings. The molecule has 0 saturated carbocycles. The third-order valence-corrected chi connectivity index (χ3v) is 6.57. The quantitative estimate of drug-likeness (QED) is 0.382. The summed E-state index contributed by atoms with van der Waals surface area (Å²) in [6.07, 6.45) is 12.4. The van der Waals surface area contributed by atoms with E-state index in [1.54, 1.807) is 12.3 Å². The number of Topliss-reactive ketones (excluding diaryl/α,β-unsaturated/α-hetero) is 1. The zero-order chi connectivity index (χ0) is 26.5.